The standard InChI is InChI=1S/C3H6N4.ClH/c4-2-1-6-7-3(2)5;/h1H,4H2,(H3,5,6,7);1H. The number of nitrogens with one attached hydrogen (secondary N) is 1. The third kappa shape index (κ3) is 1.04. The molecule has 0 saturated heterocycles. The Morgan fingerprint density at radius 2 is 2.12 bits per heavy atom. The second kappa shape index (κ2) is 2.42. The van der Waals surface area contributed by atoms with E-state index in [-0.39, 0.29) is 12.4 Å². The van der Waals surface area contributed by atoms with Crippen LogP contribution in [0.5, 0.6) is 0 Å². The Bertz CT molecular complexity index is 144. The zero-order valence-corrected chi connectivity index (χ0v) is 4.90. The van der Waals surface area contributed by atoms with Crippen LogP contribution in [-0.2, 0) is 0 Å². The molecular formula is C3H7ClN4. The summed E-state index contributed by atoms with van der Waals surface area (Å²) in [6.45, 7) is 0. The molecule has 0 saturated carbocycles. The minimum atomic E-state index is 0. The minimum Gasteiger partial charge on any atom is -0.394 e. The molecule has 0 aromatic carbocycles. The number of nitrogens with two attached hydrogens (primary N) is 2. The number of aromatic nitrogens is 2. The van der Waals surface area contributed by atoms with Crippen LogP contribution < -0.4 is 11.5 Å². The SMILES string of the molecule is Cl.Nc1cn[nH]c1N. The van der Waals surface area contributed by atoms with E-state index in [1.807, 2.05) is 0 Å². The number of anilines is 2. The van der Waals surface area contributed by atoms with Crippen molar-refractivity contribution in [2.24, 2.45) is 0 Å². The highest BCUT2D eigenvalue weighted by atomic mass is 35.5. The van der Waals surface area contributed by atoms with Crippen LogP contribution in [0.4, 0.5) is 11.5 Å². The van der Waals surface area contributed by atoms with Crippen molar-refractivity contribution in [3.63, 3.8) is 0 Å². The van der Waals surface area contributed by atoms with Gasteiger partial charge in [-0.3, -0.25) is 5.10 Å². The van der Waals surface area contributed by atoms with Crippen LogP contribution in [-0.4, -0.2) is 10.2 Å². The lowest BCUT2D eigenvalue weighted by Crippen LogP contribution is -1.89. The fraction of sp³-hybridized carbons (Fsp3) is 0. The van der Waals surface area contributed by atoms with Gasteiger partial charge in [-0.05, 0) is 0 Å². The number of nitrogen functional groups attached to an aromatic ring is 2. The molecule has 8 heavy (non-hydrogen) atoms. The molecule has 1 rings (SSSR count). The normalized spacial score (nSPS) is 8.00. The molecule has 5 N–H and O–H groups in total. The summed E-state index contributed by atoms with van der Waals surface area (Å²) in [5, 5.41) is 6.02. The number of hydrogen-bond donors (Lipinski definition) is 3. The van der Waals surface area contributed by atoms with Gasteiger partial charge < -0.3 is 11.5 Å². The molecule has 1 heterocycles. The van der Waals surface area contributed by atoms with E-state index in [0.717, 1.165) is 0 Å². The molecule has 0 unspecified atom stereocenters. The van der Waals surface area contributed by atoms with E-state index in [2.05, 4.69) is 10.2 Å². The summed E-state index contributed by atoms with van der Waals surface area (Å²) in [5.41, 5.74) is 10.9. The number of H-pyrrole nitrogens is 1. The monoisotopic (exact) mass is 134 g/mol. The Morgan fingerprint density at radius 3 is 2.25 bits per heavy atom. The summed E-state index contributed by atoms with van der Waals surface area (Å²) < 4.78 is 0. The molecule has 1 aromatic rings. The van der Waals surface area contributed by atoms with Crippen molar-refractivity contribution in [3.05, 3.63) is 6.20 Å². The molecule has 0 radical (unpaired) electrons. The number of aromatic amines is 1. The van der Waals surface area contributed by atoms with Gasteiger partial charge in [-0.2, -0.15) is 5.10 Å². The number of hydrogen-bond acceptors (Lipinski definition) is 3. The summed E-state index contributed by atoms with van der Waals surface area (Å²) in [6.07, 6.45) is 1.47. The quantitative estimate of drug-likeness (QED) is 0.467. The van der Waals surface area contributed by atoms with Gasteiger partial charge in [-0.25, -0.2) is 0 Å². The average molecular weight is 135 g/mol. The van der Waals surface area contributed by atoms with E-state index in [4.69, 9.17) is 11.5 Å². The highest BCUT2D eigenvalue weighted by Crippen LogP contribution is 2.04. The van der Waals surface area contributed by atoms with Gasteiger partial charge in [-0.1, -0.05) is 0 Å². The second-order valence-electron chi connectivity index (χ2n) is 1.24. The van der Waals surface area contributed by atoms with Gasteiger partial charge in [0, 0.05) is 0 Å². The largest absolute Gasteiger partial charge is 0.394 e. The van der Waals surface area contributed by atoms with Crippen molar-refractivity contribution in [3.8, 4) is 0 Å². The van der Waals surface area contributed by atoms with Crippen LogP contribution in [0.2, 0.25) is 0 Å². The number of halogens is 1. The van der Waals surface area contributed by atoms with E-state index in [1.165, 1.54) is 6.20 Å². The van der Waals surface area contributed by atoms with Crippen molar-refractivity contribution in [2.75, 3.05) is 11.5 Å². The van der Waals surface area contributed by atoms with E-state index < -0.39 is 0 Å². The Balaban J connectivity index is 0.000000490. The van der Waals surface area contributed by atoms with Crippen LogP contribution in [0.1, 0.15) is 0 Å². The van der Waals surface area contributed by atoms with E-state index in [9.17, 15) is 0 Å². The minimum absolute atomic E-state index is 0. The molecule has 1 aromatic heterocycles. The van der Waals surface area contributed by atoms with E-state index in [0.29, 0.717) is 11.5 Å². The third-order valence-corrected chi connectivity index (χ3v) is 0.700. The van der Waals surface area contributed by atoms with Crippen molar-refractivity contribution in [1.29, 1.82) is 0 Å². The molecule has 4 nitrogen and oxygen atoms in total. The van der Waals surface area contributed by atoms with Gasteiger partial charge in [0.1, 0.15) is 5.82 Å². The first-order valence-electron chi connectivity index (χ1n) is 1.85. The maximum atomic E-state index is 5.22. The molecule has 0 atom stereocenters. The summed E-state index contributed by atoms with van der Waals surface area (Å²) in [4.78, 5) is 0. The zero-order valence-electron chi connectivity index (χ0n) is 4.09. The average Bonchev–Trinajstić information content (AvgIpc) is 1.91. The van der Waals surface area contributed by atoms with Gasteiger partial charge in [0.15, 0.2) is 0 Å². The van der Waals surface area contributed by atoms with Crippen molar-refractivity contribution in [2.45, 2.75) is 0 Å². The first-order chi connectivity index (χ1) is 3.30. The van der Waals surface area contributed by atoms with Crippen LogP contribution >= 0.6 is 12.4 Å². The maximum Gasteiger partial charge on any atom is 0.142 e. The number of rotatable bonds is 0. The molecule has 5 heteroatoms. The first-order valence-corrected chi connectivity index (χ1v) is 1.85. The highest BCUT2D eigenvalue weighted by Gasteiger charge is 1.89. The first kappa shape index (κ1) is 7.10. The van der Waals surface area contributed by atoms with Crippen molar-refractivity contribution >= 4 is 23.9 Å². The Morgan fingerprint density at radius 1 is 1.50 bits per heavy atom. The molecular weight excluding hydrogens is 128 g/mol. The highest BCUT2D eigenvalue weighted by molar-refractivity contribution is 5.85. The fourth-order valence-corrected chi connectivity index (χ4v) is 0.305. The van der Waals surface area contributed by atoms with Gasteiger partial charge in [0.2, 0.25) is 0 Å². The van der Waals surface area contributed by atoms with E-state index >= 15 is 0 Å². The lowest BCUT2D eigenvalue weighted by Gasteiger charge is -1.80. The molecule has 0 spiro atoms. The number of nitrogens with zero attached hydrogens (tertiary/aromatic N) is 1. The summed E-state index contributed by atoms with van der Waals surface area (Å²) in [7, 11) is 0. The molecule has 0 aliphatic rings. The lowest BCUT2D eigenvalue weighted by molar-refractivity contribution is 1.10. The Labute approximate surface area is 52.7 Å². The van der Waals surface area contributed by atoms with Crippen LogP contribution in [0.25, 0.3) is 0 Å². The molecule has 46 valence electrons. The third-order valence-electron chi connectivity index (χ3n) is 0.700. The van der Waals surface area contributed by atoms with Crippen molar-refractivity contribution < 1.29 is 0 Å². The van der Waals surface area contributed by atoms with Gasteiger partial charge >= 0.3 is 0 Å². The summed E-state index contributed by atoms with van der Waals surface area (Å²) in [5.74, 6) is 0.431. The maximum absolute atomic E-state index is 5.22. The van der Waals surface area contributed by atoms with Crippen LogP contribution in [0.3, 0.4) is 0 Å². The van der Waals surface area contributed by atoms with Gasteiger partial charge in [0.25, 0.3) is 0 Å². The fourth-order valence-electron chi connectivity index (χ4n) is 0.305. The van der Waals surface area contributed by atoms with E-state index in [1.54, 1.807) is 0 Å². The van der Waals surface area contributed by atoms with Crippen LogP contribution in [0, 0.1) is 0 Å². The predicted molar refractivity (Wildman–Crippen MR) is 34.7 cm³/mol. The second-order valence-corrected chi connectivity index (χ2v) is 1.24. The van der Waals surface area contributed by atoms with Crippen LogP contribution in [0.15, 0.2) is 6.20 Å². The van der Waals surface area contributed by atoms with Gasteiger partial charge in [-0.15, -0.1) is 12.4 Å². The lowest BCUT2D eigenvalue weighted by atomic mass is 10.6. The molecule has 0 fully saturated rings. The summed E-state index contributed by atoms with van der Waals surface area (Å²) >= 11 is 0. The topological polar surface area (TPSA) is 80.7 Å². The molecule has 0 aliphatic heterocycles. The Kier molecular flexibility index (Phi) is 2.15. The molecule has 0 bridgehead atoms. The smallest absolute Gasteiger partial charge is 0.142 e. The zero-order chi connectivity index (χ0) is 5.28. The predicted octanol–water partition coefficient (Wildman–Crippen LogP) is -0.00410. The molecule has 0 aliphatic carbocycles. The Hall–Kier alpha value is -0.900. The van der Waals surface area contributed by atoms with Crippen molar-refractivity contribution in [1.82, 2.24) is 10.2 Å². The van der Waals surface area contributed by atoms with Gasteiger partial charge in [0.05, 0.1) is 11.9 Å². The molecule has 0 amide bonds. The summed E-state index contributed by atoms with van der Waals surface area (Å²) in [6, 6.07) is 0.